The molecule has 3 heterocycles. The van der Waals surface area contributed by atoms with Crippen molar-refractivity contribution in [3.63, 3.8) is 0 Å². The lowest BCUT2D eigenvalue weighted by atomic mass is 9.97. The molecule has 0 spiro atoms. The number of aromatic nitrogens is 3. The SMILES string of the molecule is Cn1cnnc1-c1c(-c2ccccc2)cccc1N1Cc2c(cc(CN3CC[C@@H](F)C3)cc2C(F)(F)F)C1=O. The Kier molecular flexibility index (Phi) is 6.22. The van der Waals surface area contributed by atoms with E-state index in [9.17, 15) is 22.4 Å². The first-order chi connectivity index (χ1) is 18.7. The van der Waals surface area contributed by atoms with Crippen LogP contribution in [0, 0.1) is 0 Å². The summed E-state index contributed by atoms with van der Waals surface area (Å²) >= 11 is 0. The molecule has 4 aromatic rings. The Morgan fingerprint density at radius 3 is 2.49 bits per heavy atom. The molecule has 0 unspecified atom stereocenters. The normalized spacial score (nSPS) is 17.7. The van der Waals surface area contributed by atoms with E-state index in [4.69, 9.17) is 0 Å². The fraction of sp³-hybridized carbons (Fsp3) is 0.276. The third-order valence-corrected chi connectivity index (χ3v) is 7.38. The molecule has 1 saturated heterocycles. The number of aryl methyl sites for hydroxylation is 1. The van der Waals surface area contributed by atoms with Gasteiger partial charge in [-0.25, -0.2) is 4.39 Å². The van der Waals surface area contributed by atoms with Crippen LogP contribution in [0.1, 0.15) is 33.5 Å². The Labute approximate surface area is 222 Å². The number of nitrogens with zero attached hydrogens (tertiary/aromatic N) is 5. The average molecular weight is 536 g/mol. The van der Waals surface area contributed by atoms with Crippen LogP contribution < -0.4 is 4.90 Å². The molecule has 0 aliphatic carbocycles. The number of alkyl halides is 4. The molecular weight excluding hydrogens is 510 g/mol. The van der Waals surface area contributed by atoms with Gasteiger partial charge in [0.2, 0.25) is 0 Å². The van der Waals surface area contributed by atoms with Gasteiger partial charge in [0.15, 0.2) is 5.82 Å². The van der Waals surface area contributed by atoms with Crippen molar-refractivity contribution in [2.75, 3.05) is 18.0 Å². The van der Waals surface area contributed by atoms with E-state index < -0.39 is 23.8 Å². The van der Waals surface area contributed by atoms with E-state index in [-0.39, 0.29) is 30.8 Å². The van der Waals surface area contributed by atoms with E-state index in [1.165, 1.54) is 17.3 Å². The summed E-state index contributed by atoms with van der Waals surface area (Å²) < 4.78 is 58.2. The van der Waals surface area contributed by atoms with Gasteiger partial charge in [-0.15, -0.1) is 10.2 Å². The molecule has 0 N–H and O–H groups in total. The van der Waals surface area contributed by atoms with Crippen molar-refractivity contribution >= 4 is 11.6 Å². The third kappa shape index (κ3) is 4.58. The standard InChI is InChI=1S/C29H25F4N5O/c1-36-17-34-35-27(36)26-21(19-6-3-2-4-7-19)8-5-9-25(26)38-16-23-22(28(38)39)12-18(13-24(23)29(31,32)33)14-37-11-10-20(30)15-37/h2-9,12-13,17,20H,10-11,14-16H2,1H3/t20-/m1/s1. The molecule has 0 saturated carbocycles. The Morgan fingerprint density at radius 1 is 1.03 bits per heavy atom. The number of carbonyl (C=O) groups excluding carboxylic acids is 1. The van der Waals surface area contributed by atoms with E-state index in [1.54, 1.807) is 28.6 Å². The predicted octanol–water partition coefficient (Wildman–Crippen LogP) is 5.87. The Hall–Kier alpha value is -4.05. The number of hydrogen-bond donors (Lipinski definition) is 0. The summed E-state index contributed by atoms with van der Waals surface area (Å²) in [6, 6.07) is 17.6. The van der Waals surface area contributed by atoms with Crippen LogP contribution >= 0.6 is 0 Å². The maximum Gasteiger partial charge on any atom is 0.416 e. The van der Waals surface area contributed by atoms with Crippen LogP contribution in [0.3, 0.4) is 0 Å². The van der Waals surface area contributed by atoms with Gasteiger partial charge in [-0.2, -0.15) is 13.2 Å². The second-order valence-corrected chi connectivity index (χ2v) is 10.0. The fourth-order valence-electron chi connectivity index (χ4n) is 5.56. The first-order valence-corrected chi connectivity index (χ1v) is 12.6. The van der Waals surface area contributed by atoms with Gasteiger partial charge in [0.05, 0.1) is 23.4 Å². The van der Waals surface area contributed by atoms with Crippen molar-refractivity contribution in [1.82, 2.24) is 19.7 Å². The number of hydrogen-bond acceptors (Lipinski definition) is 4. The van der Waals surface area contributed by atoms with Gasteiger partial charge in [0, 0.05) is 32.2 Å². The lowest BCUT2D eigenvalue weighted by Gasteiger charge is -2.22. The van der Waals surface area contributed by atoms with Crippen molar-refractivity contribution in [3.8, 4) is 22.5 Å². The van der Waals surface area contributed by atoms with Crippen molar-refractivity contribution in [2.24, 2.45) is 7.05 Å². The summed E-state index contributed by atoms with van der Waals surface area (Å²) in [6.45, 7) is 0.555. The van der Waals surface area contributed by atoms with Crippen molar-refractivity contribution in [3.05, 3.63) is 89.2 Å². The van der Waals surface area contributed by atoms with E-state index in [1.807, 2.05) is 36.4 Å². The molecule has 2 aliphatic rings. The predicted molar refractivity (Wildman–Crippen MR) is 139 cm³/mol. The molecule has 1 amide bonds. The summed E-state index contributed by atoms with van der Waals surface area (Å²) in [4.78, 5) is 17.0. The molecule has 6 rings (SSSR count). The monoisotopic (exact) mass is 535 g/mol. The van der Waals surface area contributed by atoms with Crippen molar-refractivity contribution in [1.29, 1.82) is 0 Å². The Morgan fingerprint density at radius 2 is 1.82 bits per heavy atom. The second kappa shape index (κ2) is 9.60. The van der Waals surface area contributed by atoms with Gasteiger partial charge >= 0.3 is 6.18 Å². The molecule has 0 bridgehead atoms. The first-order valence-electron chi connectivity index (χ1n) is 12.6. The first kappa shape index (κ1) is 25.2. The quantitative estimate of drug-likeness (QED) is 0.300. The van der Waals surface area contributed by atoms with Gasteiger partial charge in [-0.1, -0.05) is 42.5 Å². The summed E-state index contributed by atoms with van der Waals surface area (Å²) in [7, 11) is 1.77. The molecule has 6 nitrogen and oxygen atoms in total. The van der Waals surface area contributed by atoms with E-state index in [0.717, 1.165) is 17.2 Å². The van der Waals surface area contributed by atoms with Gasteiger partial charge in [0.1, 0.15) is 12.5 Å². The number of carbonyl (C=O) groups is 1. The summed E-state index contributed by atoms with van der Waals surface area (Å²) in [5, 5.41) is 8.27. The van der Waals surface area contributed by atoms with Crippen LogP contribution in [0.2, 0.25) is 0 Å². The molecule has 10 heteroatoms. The van der Waals surface area contributed by atoms with Crippen LogP contribution in [-0.4, -0.2) is 44.8 Å². The highest BCUT2D eigenvalue weighted by atomic mass is 19.4. The molecule has 3 aromatic carbocycles. The maximum atomic E-state index is 14.3. The molecule has 200 valence electrons. The van der Waals surface area contributed by atoms with Crippen LogP contribution in [0.5, 0.6) is 0 Å². The molecule has 1 atom stereocenters. The third-order valence-electron chi connectivity index (χ3n) is 7.38. The zero-order valence-corrected chi connectivity index (χ0v) is 21.1. The number of halogens is 4. The van der Waals surface area contributed by atoms with Crippen LogP contribution in [0.25, 0.3) is 22.5 Å². The van der Waals surface area contributed by atoms with Gasteiger partial charge < -0.3 is 9.47 Å². The number of benzene rings is 3. The topological polar surface area (TPSA) is 54.3 Å². The van der Waals surface area contributed by atoms with Crippen LogP contribution in [0.4, 0.5) is 23.2 Å². The minimum absolute atomic E-state index is 0.0184. The highest BCUT2D eigenvalue weighted by molar-refractivity contribution is 6.13. The molecule has 1 aromatic heterocycles. The molecule has 0 radical (unpaired) electrons. The number of rotatable bonds is 5. The highest BCUT2D eigenvalue weighted by Crippen LogP contribution is 2.44. The highest BCUT2D eigenvalue weighted by Gasteiger charge is 2.41. The lowest BCUT2D eigenvalue weighted by molar-refractivity contribution is -0.138. The minimum atomic E-state index is -4.65. The minimum Gasteiger partial charge on any atom is -0.317 e. The van der Waals surface area contributed by atoms with E-state index in [0.29, 0.717) is 35.6 Å². The van der Waals surface area contributed by atoms with Crippen molar-refractivity contribution < 1.29 is 22.4 Å². The second-order valence-electron chi connectivity index (χ2n) is 10.0. The van der Waals surface area contributed by atoms with Gasteiger partial charge in [0.25, 0.3) is 5.91 Å². The zero-order valence-electron chi connectivity index (χ0n) is 21.1. The van der Waals surface area contributed by atoms with Gasteiger partial charge in [-0.3, -0.25) is 9.69 Å². The molecular formula is C29H25F4N5O. The number of anilines is 1. The van der Waals surface area contributed by atoms with E-state index >= 15 is 0 Å². The number of fused-ring (bicyclic) bond motifs is 1. The average Bonchev–Trinajstić information content (AvgIpc) is 3.62. The zero-order chi connectivity index (χ0) is 27.3. The molecule has 1 fully saturated rings. The number of likely N-dealkylation sites (tertiary alicyclic amines) is 1. The maximum absolute atomic E-state index is 14.3. The lowest BCUT2D eigenvalue weighted by Crippen LogP contribution is -2.24. The smallest absolute Gasteiger partial charge is 0.317 e. The van der Waals surface area contributed by atoms with Crippen LogP contribution in [0.15, 0.2) is 67.0 Å². The van der Waals surface area contributed by atoms with Crippen molar-refractivity contribution in [2.45, 2.75) is 31.9 Å². The summed E-state index contributed by atoms with van der Waals surface area (Å²) in [6.07, 6.45) is -3.75. The Bertz CT molecular complexity index is 1550. The molecule has 39 heavy (non-hydrogen) atoms. The molecule has 2 aliphatic heterocycles. The van der Waals surface area contributed by atoms with E-state index in [2.05, 4.69) is 10.2 Å². The fourth-order valence-corrected chi connectivity index (χ4v) is 5.56. The largest absolute Gasteiger partial charge is 0.416 e. The number of amides is 1. The summed E-state index contributed by atoms with van der Waals surface area (Å²) in [5.74, 6) is -0.0319. The summed E-state index contributed by atoms with van der Waals surface area (Å²) in [5.41, 5.74) is 2.17. The Balaban J connectivity index is 1.47. The van der Waals surface area contributed by atoms with Crippen LogP contribution in [-0.2, 0) is 26.3 Å². The van der Waals surface area contributed by atoms with Gasteiger partial charge in [-0.05, 0) is 46.9 Å².